The van der Waals surface area contributed by atoms with Crippen LogP contribution in [0.2, 0.25) is 0 Å². The second-order valence-electron chi connectivity index (χ2n) is 4.67. The summed E-state index contributed by atoms with van der Waals surface area (Å²) in [5.74, 6) is 3.92. The van der Waals surface area contributed by atoms with Crippen LogP contribution in [0.4, 0.5) is 0 Å². The standard InChI is InChI=1S/C12H21N3OS2/c1-3-4-9(13)7-10-14-12(15-16-10)11-8(2)17-5-6-18-11/h8-9,11H,3-7,13H2,1-2H3. The van der Waals surface area contributed by atoms with Gasteiger partial charge in [-0.25, -0.2) is 0 Å². The molecule has 6 heteroatoms. The van der Waals surface area contributed by atoms with Gasteiger partial charge in [0, 0.05) is 29.2 Å². The first-order chi connectivity index (χ1) is 8.70. The number of nitrogens with two attached hydrogens (primary N) is 1. The Morgan fingerprint density at radius 3 is 2.94 bits per heavy atom. The summed E-state index contributed by atoms with van der Waals surface area (Å²) >= 11 is 3.91. The highest BCUT2D eigenvalue weighted by atomic mass is 32.2. The van der Waals surface area contributed by atoms with E-state index in [0.717, 1.165) is 18.7 Å². The molecule has 0 spiro atoms. The summed E-state index contributed by atoms with van der Waals surface area (Å²) < 4.78 is 5.32. The lowest BCUT2D eigenvalue weighted by Crippen LogP contribution is -2.22. The van der Waals surface area contributed by atoms with E-state index in [-0.39, 0.29) is 6.04 Å². The first-order valence-corrected chi connectivity index (χ1v) is 8.61. The lowest BCUT2D eigenvalue weighted by molar-refractivity contribution is 0.361. The molecule has 1 saturated heterocycles. The quantitative estimate of drug-likeness (QED) is 0.898. The maximum absolute atomic E-state index is 5.99. The van der Waals surface area contributed by atoms with Crippen LogP contribution in [0.25, 0.3) is 0 Å². The van der Waals surface area contributed by atoms with Crippen LogP contribution in [0.5, 0.6) is 0 Å². The lowest BCUT2D eigenvalue weighted by Gasteiger charge is -2.24. The number of thioether (sulfide) groups is 2. The van der Waals surface area contributed by atoms with Gasteiger partial charge in [-0.3, -0.25) is 0 Å². The summed E-state index contributed by atoms with van der Waals surface area (Å²) in [4.78, 5) is 4.51. The van der Waals surface area contributed by atoms with Crippen molar-refractivity contribution in [1.29, 1.82) is 0 Å². The molecule has 102 valence electrons. The number of hydrogen-bond acceptors (Lipinski definition) is 6. The van der Waals surface area contributed by atoms with Gasteiger partial charge in [0.1, 0.15) is 0 Å². The fourth-order valence-corrected chi connectivity index (χ4v) is 4.76. The van der Waals surface area contributed by atoms with Crippen molar-refractivity contribution in [1.82, 2.24) is 10.1 Å². The number of hydrogen-bond donors (Lipinski definition) is 1. The minimum Gasteiger partial charge on any atom is -0.339 e. The third-order valence-corrected chi connectivity index (χ3v) is 6.11. The fraction of sp³-hybridized carbons (Fsp3) is 0.833. The normalized spacial score (nSPS) is 26.2. The van der Waals surface area contributed by atoms with E-state index in [2.05, 4.69) is 24.0 Å². The van der Waals surface area contributed by atoms with Gasteiger partial charge in [-0.1, -0.05) is 25.4 Å². The highest BCUT2D eigenvalue weighted by Gasteiger charge is 2.28. The van der Waals surface area contributed by atoms with Gasteiger partial charge in [-0.15, -0.1) is 11.8 Å². The molecule has 2 N–H and O–H groups in total. The number of aromatic nitrogens is 2. The van der Waals surface area contributed by atoms with Gasteiger partial charge in [-0.05, 0) is 6.42 Å². The topological polar surface area (TPSA) is 64.9 Å². The van der Waals surface area contributed by atoms with E-state index >= 15 is 0 Å². The van der Waals surface area contributed by atoms with Crippen molar-refractivity contribution >= 4 is 23.5 Å². The first kappa shape index (κ1) is 14.2. The van der Waals surface area contributed by atoms with Crippen LogP contribution in [0, 0.1) is 0 Å². The zero-order valence-electron chi connectivity index (χ0n) is 11.0. The van der Waals surface area contributed by atoms with Gasteiger partial charge in [-0.2, -0.15) is 16.7 Å². The van der Waals surface area contributed by atoms with Crippen LogP contribution in [-0.2, 0) is 6.42 Å². The number of rotatable bonds is 5. The molecule has 18 heavy (non-hydrogen) atoms. The Labute approximate surface area is 117 Å². The van der Waals surface area contributed by atoms with Crippen molar-refractivity contribution in [2.24, 2.45) is 5.73 Å². The molecule has 3 atom stereocenters. The predicted octanol–water partition coefficient (Wildman–Crippen LogP) is 2.65. The molecule has 0 aromatic carbocycles. The molecule has 0 saturated carbocycles. The maximum atomic E-state index is 5.99. The van der Waals surface area contributed by atoms with Crippen molar-refractivity contribution in [2.45, 2.75) is 49.7 Å². The monoisotopic (exact) mass is 287 g/mol. The van der Waals surface area contributed by atoms with Crippen LogP contribution in [0.15, 0.2) is 4.52 Å². The van der Waals surface area contributed by atoms with Gasteiger partial charge < -0.3 is 10.3 Å². The van der Waals surface area contributed by atoms with Crippen LogP contribution in [0.1, 0.15) is 43.7 Å². The van der Waals surface area contributed by atoms with Crippen LogP contribution >= 0.6 is 23.5 Å². The predicted molar refractivity (Wildman–Crippen MR) is 78.0 cm³/mol. The van der Waals surface area contributed by atoms with Gasteiger partial charge >= 0.3 is 0 Å². The zero-order valence-corrected chi connectivity index (χ0v) is 12.6. The minimum atomic E-state index is 0.133. The van der Waals surface area contributed by atoms with Crippen LogP contribution < -0.4 is 5.73 Å². The Kier molecular flexibility index (Phi) is 5.38. The average molecular weight is 287 g/mol. The summed E-state index contributed by atoms with van der Waals surface area (Å²) in [6, 6.07) is 0.133. The van der Waals surface area contributed by atoms with Gasteiger partial charge in [0.25, 0.3) is 0 Å². The molecule has 0 bridgehead atoms. The zero-order chi connectivity index (χ0) is 13.0. The Balaban J connectivity index is 1.96. The van der Waals surface area contributed by atoms with Gasteiger partial charge in [0.15, 0.2) is 5.82 Å². The smallest absolute Gasteiger partial charge is 0.228 e. The Morgan fingerprint density at radius 2 is 2.22 bits per heavy atom. The molecule has 4 nitrogen and oxygen atoms in total. The summed E-state index contributed by atoms with van der Waals surface area (Å²) in [5.41, 5.74) is 5.99. The third-order valence-electron chi connectivity index (χ3n) is 3.02. The molecule has 1 aromatic heterocycles. The molecule has 3 unspecified atom stereocenters. The lowest BCUT2D eigenvalue weighted by atomic mass is 10.1. The Bertz CT molecular complexity index is 372. The fourth-order valence-electron chi connectivity index (χ4n) is 2.08. The molecule has 1 aromatic rings. The van der Waals surface area contributed by atoms with E-state index in [1.807, 2.05) is 23.5 Å². The van der Waals surface area contributed by atoms with Crippen molar-refractivity contribution in [3.8, 4) is 0 Å². The molecular weight excluding hydrogens is 266 g/mol. The second kappa shape index (κ2) is 6.82. The van der Waals surface area contributed by atoms with Crippen molar-refractivity contribution in [2.75, 3.05) is 11.5 Å². The maximum Gasteiger partial charge on any atom is 0.228 e. The van der Waals surface area contributed by atoms with E-state index in [1.165, 1.54) is 11.5 Å². The van der Waals surface area contributed by atoms with E-state index in [9.17, 15) is 0 Å². The van der Waals surface area contributed by atoms with E-state index in [1.54, 1.807) is 0 Å². The highest BCUT2D eigenvalue weighted by molar-refractivity contribution is 8.06. The number of nitrogens with zero attached hydrogens (tertiary/aromatic N) is 2. The van der Waals surface area contributed by atoms with Crippen LogP contribution in [-0.4, -0.2) is 32.9 Å². The summed E-state index contributed by atoms with van der Waals surface area (Å²) in [6.07, 6.45) is 2.79. The molecule has 0 aliphatic carbocycles. The second-order valence-corrected chi connectivity index (χ2v) is 7.40. The first-order valence-electron chi connectivity index (χ1n) is 6.52. The molecule has 0 amide bonds. The van der Waals surface area contributed by atoms with Crippen LogP contribution in [0.3, 0.4) is 0 Å². The SMILES string of the molecule is CCCC(N)Cc1nc(C2SCCSC2C)no1. The van der Waals surface area contributed by atoms with E-state index < -0.39 is 0 Å². The Hall–Kier alpha value is -0.200. The van der Waals surface area contributed by atoms with Crippen molar-refractivity contribution in [3.05, 3.63) is 11.7 Å². The largest absolute Gasteiger partial charge is 0.339 e. The molecule has 2 heterocycles. The Morgan fingerprint density at radius 1 is 1.44 bits per heavy atom. The summed E-state index contributed by atoms with van der Waals surface area (Å²) in [5, 5.41) is 5.05. The molecule has 1 fully saturated rings. The van der Waals surface area contributed by atoms with Crippen molar-refractivity contribution in [3.63, 3.8) is 0 Å². The molecule has 0 radical (unpaired) electrons. The third kappa shape index (κ3) is 3.65. The summed E-state index contributed by atoms with van der Waals surface area (Å²) in [6.45, 7) is 4.37. The highest BCUT2D eigenvalue weighted by Crippen LogP contribution is 2.41. The van der Waals surface area contributed by atoms with Crippen molar-refractivity contribution < 1.29 is 4.52 Å². The summed E-state index contributed by atoms with van der Waals surface area (Å²) in [7, 11) is 0. The minimum absolute atomic E-state index is 0.133. The molecular formula is C12H21N3OS2. The van der Waals surface area contributed by atoms with Gasteiger partial charge in [0.2, 0.25) is 5.89 Å². The van der Waals surface area contributed by atoms with E-state index in [0.29, 0.717) is 22.8 Å². The van der Waals surface area contributed by atoms with Gasteiger partial charge in [0.05, 0.1) is 5.25 Å². The average Bonchev–Trinajstić information content (AvgIpc) is 2.78. The molecule has 1 aliphatic heterocycles. The molecule has 2 rings (SSSR count). The van der Waals surface area contributed by atoms with E-state index in [4.69, 9.17) is 10.3 Å². The molecule has 1 aliphatic rings.